The van der Waals surface area contributed by atoms with Gasteiger partial charge >= 0.3 is 12.1 Å². The molecule has 7 heteroatoms. The van der Waals surface area contributed by atoms with Crippen LogP contribution < -0.4 is 0 Å². The van der Waals surface area contributed by atoms with Gasteiger partial charge in [-0.2, -0.15) is 13.2 Å². The number of esters is 1. The van der Waals surface area contributed by atoms with E-state index in [9.17, 15) is 22.8 Å². The van der Waals surface area contributed by atoms with Crippen molar-refractivity contribution in [3.8, 4) is 0 Å². The summed E-state index contributed by atoms with van der Waals surface area (Å²) in [5.74, 6) is -5.09. The van der Waals surface area contributed by atoms with Crippen molar-refractivity contribution < 1.29 is 32.2 Å². The van der Waals surface area contributed by atoms with Gasteiger partial charge in [0, 0.05) is 13.7 Å². The molecule has 1 atom stereocenters. The molecular weight excluding hydrogens is 229 g/mol. The zero-order valence-electron chi connectivity index (χ0n) is 8.97. The van der Waals surface area contributed by atoms with Gasteiger partial charge in [0.25, 0.3) is 5.78 Å². The maximum Gasteiger partial charge on any atom is 0.450 e. The summed E-state index contributed by atoms with van der Waals surface area (Å²) < 4.78 is 45.3. The molecule has 4 nitrogen and oxygen atoms in total. The average molecular weight is 242 g/mol. The van der Waals surface area contributed by atoms with Crippen LogP contribution in [-0.2, 0) is 19.1 Å². The number of methoxy groups -OCH3 is 1. The lowest BCUT2D eigenvalue weighted by atomic mass is 10.0. The Morgan fingerprint density at radius 2 is 1.88 bits per heavy atom. The number of ketones is 1. The molecule has 1 unspecified atom stereocenters. The van der Waals surface area contributed by atoms with Gasteiger partial charge in [0.15, 0.2) is 0 Å². The van der Waals surface area contributed by atoms with Gasteiger partial charge in [-0.1, -0.05) is 0 Å². The highest BCUT2D eigenvalue weighted by molar-refractivity contribution is 6.01. The fraction of sp³-hybridized carbons (Fsp3) is 0.778. The first kappa shape index (κ1) is 14.9. The summed E-state index contributed by atoms with van der Waals surface area (Å²) in [6, 6.07) is 0. The predicted molar refractivity (Wildman–Crippen MR) is 47.7 cm³/mol. The number of rotatable bonds is 6. The van der Waals surface area contributed by atoms with E-state index >= 15 is 0 Å². The Labute approximate surface area is 90.7 Å². The molecule has 0 saturated heterocycles. The van der Waals surface area contributed by atoms with Crippen LogP contribution in [0.15, 0.2) is 0 Å². The van der Waals surface area contributed by atoms with Crippen molar-refractivity contribution in [2.45, 2.75) is 19.5 Å². The largest absolute Gasteiger partial charge is 0.465 e. The number of ether oxygens (including phenoxy) is 2. The minimum Gasteiger partial charge on any atom is -0.465 e. The molecule has 0 saturated carbocycles. The van der Waals surface area contributed by atoms with Crippen molar-refractivity contribution in [1.29, 1.82) is 0 Å². The van der Waals surface area contributed by atoms with Crippen LogP contribution in [0.2, 0.25) is 0 Å². The minimum absolute atomic E-state index is 0.0759. The first-order valence-electron chi connectivity index (χ1n) is 4.61. The van der Waals surface area contributed by atoms with Crippen LogP contribution in [0.1, 0.15) is 13.3 Å². The molecule has 0 aliphatic heterocycles. The molecule has 0 rings (SSSR count). The molecule has 0 amide bonds. The molecule has 16 heavy (non-hydrogen) atoms. The molecule has 94 valence electrons. The Morgan fingerprint density at radius 3 is 2.25 bits per heavy atom. The van der Waals surface area contributed by atoms with Crippen molar-refractivity contribution in [3.05, 3.63) is 0 Å². The molecule has 0 N–H and O–H groups in total. The minimum atomic E-state index is -5.04. The standard InChI is InChI=1S/C9H13F3O4/c1-3-16-8(14)6(4-5-15-2)7(13)9(10,11)12/h6H,3-5H2,1-2H3. The van der Waals surface area contributed by atoms with Gasteiger partial charge in [0.2, 0.25) is 0 Å². The lowest BCUT2D eigenvalue weighted by Crippen LogP contribution is -2.37. The van der Waals surface area contributed by atoms with Crippen LogP contribution in [0.25, 0.3) is 0 Å². The third-order valence-electron chi connectivity index (χ3n) is 1.78. The first-order chi connectivity index (χ1) is 7.34. The smallest absolute Gasteiger partial charge is 0.450 e. The zero-order valence-corrected chi connectivity index (χ0v) is 8.97. The van der Waals surface area contributed by atoms with Crippen molar-refractivity contribution >= 4 is 11.8 Å². The number of hydrogen-bond donors (Lipinski definition) is 0. The number of carbonyl (C=O) groups is 2. The second-order valence-corrected chi connectivity index (χ2v) is 2.95. The number of hydrogen-bond acceptors (Lipinski definition) is 4. The van der Waals surface area contributed by atoms with E-state index < -0.39 is 23.8 Å². The third kappa shape index (κ3) is 4.61. The SMILES string of the molecule is CCOC(=O)C(CCOC)C(=O)C(F)(F)F. The third-order valence-corrected chi connectivity index (χ3v) is 1.78. The van der Waals surface area contributed by atoms with Crippen LogP contribution in [-0.4, -0.2) is 38.3 Å². The van der Waals surface area contributed by atoms with Crippen LogP contribution in [0.4, 0.5) is 13.2 Å². The van der Waals surface area contributed by atoms with E-state index in [0.717, 1.165) is 0 Å². The maximum atomic E-state index is 12.1. The van der Waals surface area contributed by atoms with E-state index in [1.807, 2.05) is 0 Å². The number of Topliss-reactive ketones (excluding diaryl/α,β-unsaturated/α-hetero) is 1. The molecule has 0 bridgehead atoms. The Morgan fingerprint density at radius 1 is 1.31 bits per heavy atom. The Balaban J connectivity index is 4.66. The molecule has 0 aromatic rings. The molecule has 0 fully saturated rings. The van der Waals surface area contributed by atoms with E-state index in [0.29, 0.717) is 0 Å². The van der Waals surface area contributed by atoms with E-state index in [1.54, 1.807) is 0 Å². The van der Waals surface area contributed by atoms with Crippen molar-refractivity contribution in [1.82, 2.24) is 0 Å². The molecule has 0 heterocycles. The van der Waals surface area contributed by atoms with Crippen LogP contribution in [0, 0.1) is 5.92 Å². The van der Waals surface area contributed by atoms with E-state index in [4.69, 9.17) is 0 Å². The van der Waals surface area contributed by atoms with Crippen molar-refractivity contribution in [3.63, 3.8) is 0 Å². The molecule has 0 spiro atoms. The lowest BCUT2D eigenvalue weighted by molar-refractivity contribution is -0.181. The van der Waals surface area contributed by atoms with Crippen LogP contribution in [0.5, 0.6) is 0 Å². The summed E-state index contributed by atoms with van der Waals surface area (Å²) in [7, 11) is 1.26. The predicted octanol–water partition coefficient (Wildman–Crippen LogP) is 1.33. The summed E-state index contributed by atoms with van der Waals surface area (Å²) in [5, 5.41) is 0. The average Bonchev–Trinajstić information content (AvgIpc) is 2.17. The van der Waals surface area contributed by atoms with Gasteiger partial charge in [0.05, 0.1) is 6.61 Å². The van der Waals surface area contributed by atoms with Gasteiger partial charge in [-0.05, 0) is 13.3 Å². The normalized spacial score (nSPS) is 13.3. The highest BCUT2D eigenvalue weighted by Crippen LogP contribution is 2.23. The monoisotopic (exact) mass is 242 g/mol. The fourth-order valence-electron chi connectivity index (χ4n) is 1.03. The van der Waals surface area contributed by atoms with Crippen LogP contribution in [0.3, 0.4) is 0 Å². The Hall–Kier alpha value is -1.11. The summed E-state index contributed by atoms with van der Waals surface area (Å²) in [4.78, 5) is 22.0. The molecule has 0 aromatic heterocycles. The van der Waals surface area contributed by atoms with Crippen molar-refractivity contribution in [2.24, 2.45) is 5.92 Å². The molecule has 0 aliphatic rings. The first-order valence-corrected chi connectivity index (χ1v) is 4.61. The highest BCUT2D eigenvalue weighted by atomic mass is 19.4. The maximum absolute atomic E-state index is 12.1. The molecule has 0 aliphatic carbocycles. The summed E-state index contributed by atoms with van der Waals surface area (Å²) >= 11 is 0. The van der Waals surface area contributed by atoms with E-state index in [-0.39, 0.29) is 19.6 Å². The van der Waals surface area contributed by atoms with Crippen molar-refractivity contribution in [2.75, 3.05) is 20.3 Å². The van der Waals surface area contributed by atoms with Gasteiger partial charge in [-0.15, -0.1) is 0 Å². The van der Waals surface area contributed by atoms with Gasteiger partial charge in [0.1, 0.15) is 5.92 Å². The zero-order chi connectivity index (χ0) is 12.8. The number of alkyl halides is 3. The second kappa shape index (κ2) is 6.47. The summed E-state index contributed by atoms with van der Waals surface area (Å²) in [6.45, 7) is 1.25. The van der Waals surface area contributed by atoms with E-state index in [2.05, 4.69) is 9.47 Å². The lowest BCUT2D eigenvalue weighted by Gasteiger charge is -2.15. The molecule has 0 aromatic carbocycles. The Bertz CT molecular complexity index is 250. The van der Waals surface area contributed by atoms with Gasteiger partial charge in [-0.3, -0.25) is 9.59 Å². The second-order valence-electron chi connectivity index (χ2n) is 2.95. The fourth-order valence-corrected chi connectivity index (χ4v) is 1.03. The summed E-state index contributed by atoms with van der Waals surface area (Å²) in [5.41, 5.74) is 0. The Kier molecular flexibility index (Phi) is 6.02. The van der Waals surface area contributed by atoms with Gasteiger partial charge < -0.3 is 9.47 Å². The topological polar surface area (TPSA) is 52.6 Å². The molecule has 0 radical (unpaired) electrons. The highest BCUT2D eigenvalue weighted by Gasteiger charge is 2.46. The van der Waals surface area contributed by atoms with E-state index in [1.165, 1.54) is 14.0 Å². The van der Waals surface area contributed by atoms with Crippen LogP contribution >= 0.6 is 0 Å². The van der Waals surface area contributed by atoms with Gasteiger partial charge in [-0.25, -0.2) is 0 Å². The number of halogens is 3. The number of carbonyl (C=O) groups excluding carboxylic acids is 2. The molecular formula is C9H13F3O4. The summed E-state index contributed by atoms with van der Waals surface area (Å²) in [6.07, 6.45) is -5.38. The quantitative estimate of drug-likeness (QED) is 0.521.